The van der Waals surface area contributed by atoms with E-state index in [1.807, 2.05) is 13.0 Å². The molecule has 5 aliphatic rings. The smallest absolute Gasteiger partial charge is 0.297 e. The molecule has 72 heavy (non-hydrogen) atoms. The van der Waals surface area contributed by atoms with Gasteiger partial charge in [0.2, 0.25) is 0 Å². The Morgan fingerprint density at radius 1 is 1.00 bits per heavy atom. The summed E-state index contributed by atoms with van der Waals surface area (Å²) < 4.78 is 54.2. The van der Waals surface area contributed by atoms with Crippen LogP contribution in [0.2, 0.25) is 0 Å². The summed E-state index contributed by atoms with van der Waals surface area (Å²) in [5.41, 5.74) is 3.36. The number of H-pyrrole nitrogens is 1. The molecular weight excluding hydrogens is 939 g/mol. The number of carbonyl (C=O) groups is 1. The van der Waals surface area contributed by atoms with Crippen LogP contribution in [0.4, 0.5) is 17.1 Å². The molecule has 2 saturated carbocycles. The first-order valence-corrected chi connectivity index (χ1v) is 27.1. The van der Waals surface area contributed by atoms with Crippen LogP contribution in [0.3, 0.4) is 0 Å². The Kier molecular flexibility index (Phi) is 13.9. The number of rotatable bonds is 16. The summed E-state index contributed by atoms with van der Waals surface area (Å²) in [6, 6.07) is 20.5. The van der Waals surface area contributed by atoms with Crippen LogP contribution < -0.4 is 29.1 Å². The van der Waals surface area contributed by atoms with Crippen molar-refractivity contribution in [1.82, 2.24) is 19.6 Å². The molecule has 17 nitrogen and oxygen atoms in total. The highest BCUT2D eigenvalue weighted by atomic mass is 32.2. The predicted molar refractivity (Wildman–Crippen MR) is 274 cm³/mol. The first kappa shape index (κ1) is 49.6. The van der Waals surface area contributed by atoms with Gasteiger partial charge in [-0.3, -0.25) is 19.8 Å². The highest BCUT2D eigenvalue weighted by Gasteiger charge is 2.50. The number of hydrogen-bond donors (Lipinski definition) is 4. The molecule has 2 aliphatic carbocycles. The van der Waals surface area contributed by atoms with Gasteiger partial charge in [-0.2, -0.15) is 4.98 Å². The molecule has 5 aromatic rings. The predicted octanol–water partition coefficient (Wildman–Crippen LogP) is 9.62. The zero-order valence-electron chi connectivity index (χ0n) is 41.7. The number of ether oxygens (including phenoxy) is 4. The standard InChI is InChI=1S/C54H67N7O10S/c1-34(2)41-8-5-6-9-42(41)44-10-7-21-60(44)39-31-54(32-39)18-22-59(23-19-54)38-11-12-43(46(28-38)71-48-27-36-15-20-55-50(36)57-52(48)69-25-24-68-4)51(62)58-72(66,67)40-29-45(61(64)65)49-47(30-40)70-33-37(56-49)26-35-13-16-53(3,63)17-14-35/h5-6,8-9,11-12,15,20,27-30,34-35,37,39,44,56,63H,7,10,13-14,16-19,21-26,31-33H2,1-4H3,(H,55,57)(H,58,62)/t35-,37-,44+,53-/m0/s1. The molecule has 1 amide bonds. The van der Waals surface area contributed by atoms with Gasteiger partial charge in [0.1, 0.15) is 24.6 Å². The number of methoxy groups -OCH3 is 1. The van der Waals surface area contributed by atoms with Gasteiger partial charge >= 0.3 is 0 Å². The maximum atomic E-state index is 14.4. The zero-order valence-corrected chi connectivity index (χ0v) is 42.5. The summed E-state index contributed by atoms with van der Waals surface area (Å²) in [6.45, 7) is 9.73. The number of nitrogens with zero attached hydrogens (tertiary/aromatic N) is 4. The molecule has 3 aliphatic heterocycles. The Morgan fingerprint density at radius 2 is 1.78 bits per heavy atom. The van der Waals surface area contributed by atoms with Crippen molar-refractivity contribution in [2.75, 3.05) is 56.8 Å². The van der Waals surface area contributed by atoms with E-state index in [-0.39, 0.29) is 65.7 Å². The highest BCUT2D eigenvalue weighted by molar-refractivity contribution is 7.90. The number of aliphatic hydroxyl groups is 1. The van der Waals surface area contributed by atoms with Gasteiger partial charge in [-0.25, -0.2) is 13.1 Å². The lowest BCUT2D eigenvalue weighted by molar-refractivity contribution is -0.384. The van der Waals surface area contributed by atoms with E-state index in [0.717, 1.165) is 62.5 Å². The number of aromatic nitrogens is 2. The number of pyridine rings is 1. The largest absolute Gasteiger partial charge is 0.489 e. The Morgan fingerprint density at radius 3 is 2.53 bits per heavy atom. The third kappa shape index (κ3) is 10.3. The quantitative estimate of drug-likeness (QED) is 0.0412. The van der Waals surface area contributed by atoms with E-state index < -0.39 is 37.0 Å². The van der Waals surface area contributed by atoms with Crippen molar-refractivity contribution >= 4 is 44.0 Å². The fourth-order valence-electron chi connectivity index (χ4n) is 12.0. The molecule has 2 aromatic heterocycles. The number of nitrogens with one attached hydrogen (secondary N) is 3. The normalized spacial score (nSPS) is 23.3. The maximum Gasteiger partial charge on any atom is 0.297 e. The first-order valence-electron chi connectivity index (χ1n) is 25.6. The van der Waals surface area contributed by atoms with E-state index in [0.29, 0.717) is 48.8 Å². The summed E-state index contributed by atoms with van der Waals surface area (Å²) in [6.07, 6.45) is 12.2. The number of benzene rings is 3. The van der Waals surface area contributed by atoms with Crippen LogP contribution in [0.5, 0.6) is 23.1 Å². The minimum Gasteiger partial charge on any atom is -0.489 e. The summed E-state index contributed by atoms with van der Waals surface area (Å²) in [5.74, 6) is 0.173. The van der Waals surface area contributed by atoms with Crippen LogP contribution in [0.25, 0.3) is 11.0 Å². The molecule has 1 spiro atoms. The molecule has 0 bridgehead atoms. The Hall–Kier alpha value is -5.95. The van der Waals surface area contributed by atoms with Crippen LogP contribution in [0.1, 0.15) is 125 Å². The van der Waals surface area contributed by atoms with Crippen LogP contribution in [-0.4, -0.2) is 103 Å². The number of fused-ring (bicyclic) bond motifs is 2. The molecule has 2 atom stereocenters. The minimum absolute atomic E-state index is 0.00439. The lowest BCUT2D eigenvalue weighted by Gasteiger charge is -2.56. The van der Waals surface area contributed by atoms with Gasteiger partial charge < -0.3 is 39.3 Å². The van der Waals surface area contributed by atoms with Crippen LogP contribution >= 0.6 is 0 Å². The Balaban J connectivity index is 0.880. The van der Waals surface area contributed by atoms with Crippen molar-refractivity contribution in [3.05, 3.63) is 99.7 Å². The third-order valence-electron chi connectivity index (χ3n) is 16.1. The molecule has 18 heteroatoms. The van der Waals surface area contributed by atoms with E-state index in [9.17, 15) is 28.4 Å². The fraction of sp³-hybridized carbons (Fsp3) is 0.519. The summed E-state index contributed by atoms with van der Waals surface area (Å²) in [5, 5.41) is 26.9. The minimum atomic E-state index is -4.71. The third-order valence-corrected chi connectivity index (χ3v) is 17.4. The van der Waals surface area contributed by atoms with Gasteiger partial charge in [-0.15, -0.1) is 0 Å². The molecule has 0 radical (unpaired) electrons. The fourth-order valence-corrected chi connectivity index (χ4v) is 13.0. The Labute approximate surface area is 421 Å². The number of piperidine rings is 1. The monoisotopic (exact) mass is 1010 g/mol. The topological polar surface area (TPSA) is 211 Å². The highest BCUT2D eigenvalue weighted by Crippen LogP contribution is 2.54. The van der Waals surface area contributed by atoms with Gasteiger partial charge in [-0.05, 0) is 137 Å². The Bertz CT molecular complexity index is 2920. The number of hydrogen-bond acceptors (Lipinski definition) is 14. The summed E-state index contributed by atoms with van der Waals surface area (Å²) in [4.78, 5) is 38.5. The molecule has 5 heterocycles. The van der Waals surface area contributed by atoms with E-state index >= 15 is 0 Å². The molecular formula is C54H67N7O10S. The molecule has 2 saturated heterocycles. The number of aromatic amines is 1. The van der Waals surface area contributed by atoms with Crippen molar-refractivity contribution in [2.45, 2.75) is 126 Å². The molecule has 4 fully saturated rings. The van der Waals surface area contributed by atoms with Crippen molar-refractivity contribution in [3.8, 4) is 23.1 Å². The number of carbonyl (C=O) groups excluding carboxylic acids is 1. The van der Waals surface area contributed by atoms with Crippen molar-refractivity contribution in [3.63, 3.8) is 0 Å². The van der Waals surface area contributed by atoms with Gasteiger partial charge in [0.25, 0.3) is 27.5 Å². The average Bonchev–Trinajstić information content (AvgIpc) is 4.03. The van der Waals surface area contributed by atoms with Gasteiger partial charge in [-0.1, -0.05) is 38.1 Å². The van der Waals surface area contributed by atoms with Gasteiger partial charge in [0, 0.05) is 67.8 Å². The number of amides is 1. The van der Waals surface area contributed by atoms with Gasteiger partial charge in [0.05, 0.1) is 33.6 Å². The second-order valence-corrected chi connectivity index (χ2v) is 23.1. The second-order valence-electron chi connectivity index (χ2n) is 21.4. The number of anilines is 2. The van der Waals surface area contributed by atoms with Crippen molar-refractivity contribution in [1.29, 1.82) is 0 Å². The van der Waals surface area contributed by atoms with E-state index in [1.54, 1.807) is 37.6 Å². The van der Waals surface area contributed by atoms with E-state index in [1.165, 1.54) is 42.9 Å². The van der Waals surface area contributed by atoms with E-state index in [4.69, 9.17) is 18.9 Å². The van der Waals surface area contributed by atoms with Crippen molar-refractivity contribution < 1.29 is 42.2 Å². The molecule has 10 rings (SSSR count). The maximum absolute atomic E-state index is 14.4. The molecule has 3 aromatic carbocycles. The summed E-state index contributed by atoms with van der Waals surface area (Å²) >= 11 is 0. The second kappa shape index (κ2) is 20.2. The molecule has 384 valence electrons. The number of nitro groups is 1. The van der Waals surface area contributed by atoms with Gasteiger partial charge in [0.15, 0.2) is 17.2 Å². The zero-order chi connectivity index (χ0) is 50.4. The molecule has 0 unspecified atom stereocenters. The van der Waals surface area contributed by atoms with Crippen molar-refractivity contribution in [2.24, 2.45) is 11.3 Å². The van der Waals surface area contributed by atoms with Crippen LogP contribution in [0, 0.1) is 21.4 Å². The summed E-state index contributed by atoms with van der Waals surface area (Å²) in [7, 11) is -3.16. The van der Waals surface area contributed by atoms with Crippen LogP contribution in [0.15, 0.2) is 77.8 Å². The number of likely N-dealkylation sites (tertiary alicyclic amines) is 1. The van der Waals surface area contributed by atoms with E-state index in [2.05, 4.69) is 67.9 Å². The lowest BCUT2D eigenvalue weighted by Crippen LogP contribution is -2.54. The SMILES string of the molecule is COCCOc1nc2[nH]ccc2cc1Oc1cc(N2CCC3(CC2)CC(N2CCC[C@@H]2c2ccccc2C(C)C)C3)ccc1C(=O)NS(=O)(=O)c1cc2c(c([N+](=O)[O-])c1)N[C@@H](C[C@H]1CC[C@](C)(O)CC1)CO2. The van der Waals surface area contributed by atoms with Crippen LogP contribution in [-0.2, 0) is 14.8 Å². The first-order chi connectivity index (χ1) is 34.6. The average molecular weight is 1010 g/mol. The molecule has 4 N–H and O–H groups in total. The number of nitro benzene ring substituents is 1. The lowest BCUT2D eigenvalue weighted by atomic mass is 9.59. The number of sulfonamides is 1.